The molecule has 0 unspecified atom stereocenters. The van der Waals surface area contributed by atoms with Crippen LogP contribution in [-0.4, -0.2) is 0 Å². The van der Waals surface area contributed by atoms with Crippen molar-refractivity contribution in [2.45, 2.75) is 48.2 Å². The Morgan fingerprint density at radius 1 is 0.688 bits per heavy atom. The molecule has 0 spiro atoms. The summed E-state index contributed by atoms with van der Waals surface area (Å²) in [4.78, 5) is 0. The van der Waals surface area contributed by atoms with Gasteiger partial charge in [-0.15, -0.1) is 0 Å². The molecule has 0 aliphatic heterocycles. The van der Waals surface area contributed by atoms with Gasteiger partial charge in [0.15, 0.2) is 0 Å². The molecule has 6 N–H and O–H groups in total. The average molecular weight is 246 g/mol. The van der Waals surface area contributed by atoms with Gasteiger partial charge in [0.25, 0.3) is 0 Å². The van der Waals surface area contributed by atoms with E-state index in [1.807, 2.05) is 0 Å². The van der Waals surface area contributed by atoms with Gasteiger partial charge in [-0.25, -0.2) is 0 Å². The van der Waals surface area contributed by atoms with Crippen LogP contribution in [0.3, 0.4) is 0 Å². The molecule has 0 saturated carbocycles. The van der Waals surface area contributed by atoms with Crippen molar-refractivity contribution in [1.82, 2.24) is 0 Å². The first-order valence-corrected chi connectivity index (χ1v) is 5.21. The molecule has 0 saturated heterocycles. The lowest BCUT2D eigenvalue weighted by Crippen LogP contribution is -3.00. The normalized spacial score (nSPS) is 9.38. The fraction of sp³-hybridized carbons (Fsp3) is 0.538. The molecule has 0 atom stereocenters. The lowest BCUT2D eigenvalue weighted by molar-refractivity contribution is -0.388. The number of hydrogen-bond donors (Lipinski definition) is 2. The van der Waals surface area contributed by atoms with Crippen molar-refractivity contribution in [3.05, 3.63) is 33.4 Å². The van der Waals surface area contributed by atoms with Crippen LogP contribution in [0.4, 0.5) is 0 Å². The molecule has 0 radical (unpaired) electrons. The molecule has 1 rings (SSSR count). The Hall–Kier alpha value is -0.570. The first-order valence-electron chi connectivity index (χ1n) is 5.21. The van der Waals surface area contributed by atoms with Crippen LogP contribution in [0.15, 0.2) is 0 Å². The summed E-state index contributed by atoms with van der Waals surface area (Å²) in [6.07, 6.45) is 0. The van der Waals surface area contributed by atoms with E-state index in [2.05, 4.69) is 39.2 Å². The van der Waals surface area contributed by atoms with Gasteiger partial charge in [-0.3, -0.25) is 0 Å². The van der Waals surface area contributed by atoms with Crippen molar-refractivity contribution < 1.29 is 23.9 Å². The molecule has 3 heteroatoms. The minimum atomic E-state index is 0. The van der Waals surface area contributed by atoms with Crippen LogP contribution >= 0.6 is 0 Å². The third kappa shape index (κ3) is 2.76. The second kappa shape index (κ2) is 6.89. The first-order chi connectivity index (χ1) is 6.54. The Kier molecular flexibility index (Phi) is 7.68. The maximum Gasteiger partial charge on any atom is 0.100 e. The Bertz CT molecular complexity index is 295. The monoisotopic (exact) mass is 245 g/mol. The van der Waals surface area contributed by atoms with E-state index in [9.17, 15) is 0 Å². The van der Waals surface area contributed by atoms with E-state index in [1.54, 1.807) is 0 Å². The quantitative estimate of drug-likeness (QED) is 0.609. The molecule has 0 fully saturated rings. The van der Waals surface area contributed by atoms with Gasteiger partial charge in [0, 0.05) is 11.1 Å². The largest absolute Gasteiger partial charge is 1.00 e. The van der Waals surface area contributed by atoms with Crippen molar-refractivity contribution in [2.75, 3.05) is 0 Å². The van der Waals surface area contributed by atoms with E-state index in [4.69, 9.17) is 0 Å². The van der Waals surface area contributed by atoms with Crippen LogP contribution < -0.4 is 23.9 Å². The SMILES string of the molecule is C.Cc1c(C)c(C[NH3+])c(C)c(C)c1C[NH3+].[Cl-]. The third-order valence-corrected chi connectivity index (χ3v) is 3.44. The second-order valence-electron chi connectivity index (χ2n) is 3.96. The fourth-order valence-corrected chi connectivity index (χ4v) is 2.22. The Morgan fingerprint density at radius 3 is 1.00 bits per heavy atom. The molecule has 0 aliphatic carbocycles. The standard InChI is InChI=1S/C12H20N2.CH4.ClH/c1-7-8(2)12(6-14)10(4)9(3)11(7)5-13;;/h5-6,13-14H2,1-4H3;1H4;1H/p+1. The predicted molar refractivity (Wildman–Crippen MR) is 65.3 cm³/mol. The van der Waals surface area contributed by atoms with Crippen LogP contribution in [0.2, 0.25) is 0 Å². The molecular formula is C13H26ClN2+. The van der Waals surface area contributed by atoms with Crippen LogP contribution in [0.5, 0.6) is 0 Å². The van der Waals surface area contributed by atoms with Crippen molar-refractivity contribution in [3.8, 4) is 0 Å². The van der Waals surface area contributed by atoms with E-state index in [0.717, 1.165) is 13.1 Å². The minimum Gasteiger partial charge on any atom is -1.00 e. The zero-order chi connectivity index (χ0) is 10.9. The van der Waals surface area contributed by atoms with Gasteiger partial charge in [0.05, 0.1) is 0 Å². The maximum atomic E-state index is 4.00. The molecule has 0 aliphatic rings. The highest BCUT2D eigenvalue weighted by atomic mass is 35.5. The first kappa shape index (κ1) is 17.8. The smallest absolute Gasteiger partial charge is 0.100 e. The van der Waals surface area contributed by atoms with Crippen LogP contribution in [0, 0.1) is 27.7 Å². The number of halogens is 1. The molecular weight excluding hydrogens is 220 g/mol. The van der Waals surface area contributed by atoms with Crippen LogP contribution in [-0.2, 0) is 13.1 Å². The molecule has 16 heavy (non-hydrogen) atoms. The zero-order valence-corrected chi connectivity index (χ0v) is 11.0. The lowest BCUT2D eigenvalue weighted by Gasteiger charge is -2.16. The zero-order valence-electron chi connectivity index (χ0n) is 10.2. The van der Waals surface area contributed by atoms with Gasteiger partial charge in [0.1, 0.15) is 13.1 Å². The predicted octanol–water partition coefficient (Wildman–Crippen LogP) is -1.96. The van der Waals surface area contributed by atoms with Gasteiger partial charge in [-0.2, -0.15) is 0 Å². The summed E-state index contributed by atoms with van der Waals surface area (Å²) in [5, 5.41) is 0. The molecule has 0 aromatic heterocycles. The van der Waals surface area contributed by atoms with Gasteiger partial charge in [-0.05, 0) is 49.9 Å². The van der Waals surface area contributed by atoms with Crippen molar-refractivity contribution in [2.24, 2.45) is 0 Å². The molecule has 1 aromatic carbocycles. The Morgan fingerprint density at radius 2 is 0.875 bits per heavy atom. The second-order valence-corrected chi connectivity index (χ2v) is 3.96. The molecule has 1 aromatic rings. The van der Waals surface area contributed by atoms with Crippen molar-refractivity contribution in [1.29, 1.82) is 0 Å². The highest BCUT2D eigenvalue weighted by molar-refractivity contribution is 5.49. The average Bonchev–Trinajstić information content (AvgIpc) is 2.17. The van der Waals surface area contributed by atoms with E-state index >= 15 is 0 Å². The Balaban J connectivity index is 0. The van der Waals surface area contributed by atoms with Crippen LogP contribution in [0.25, 0.3) is 0 Å². The van der Waals surface area contributed by atoms with Gasteiger partial charge in [0.2, 0.25) is 0 Å². The lowest BCUT2D eigenvalue weighted by atomic mass is 9.89. The van der Waals surface area contributed by atoms with Gasteiger partial charge >= 0.3 is 0 Å². The molecule has 0 heterocycles. The minimum absolute atomic E-state index is 0. The Labute approximate surface area is 106 Å². The van der Waals surface area contributed by atoms with E-state index in [0.29, 0.717) is 0 Å². The summed E-state index contributed by atoms with van der Waals surface area (Å²) in [6, 6.07) is 0. The topological polar surface area (TPSA) is 55.3 Å². The van der Waals surface area contributed by atoms with Gasteiger partial charge in [-0.1, -0.05) is 7.43 Å². The summed E-state index contributed by atoms with van der Waals surface area (Å²) >= 11 is 0. The van der Waals surface area contributed by atoms with Crippen molar-refractivity contribution >= 4 is 0 Å². The summed E-state index contributed by atoms with van der Waals surface area (Å²) in [5.41, 5.74) is 16.4. The number of rotatable bonds is 2. The molecule has 2 nitrogen and oxygen atoms in total. The molecule has 0 amide bonds. The highest BCUT2D eigenvalue weighted by Crippen LogP contribution is 2.25. The fourth-order valence-electron chi connectivity index (χ4n) is 2.22. The van der Waals surface area contributed by atoms with E-state index < -0.39 is 0 Å². The van der Waals surface area contributed by atoms with Gasteiger partial charge < -0.3 is 23.9 Å². The highest BCUT2D eigenvalue weighted by Gasteiger charge is 2.14. The summed E-state index contributed by atoms with van der Waals surface area (Å²) in [7, 11) is 0. The number of hydrogen-bond acceptors (Lipinski definition) is 0. The van der Waals surface area contributed by atoms with E-state index in [-0.39, 0.29) is 19.8 Å². The summed E-state index contributed by atoms with van der Waals surface area (Å²) in [6.45, 7) is 10.6. The maximum absolute atomic E-state index is 4.00. The molecule has 0 bridgehead atoms. The number of quaternary nitrogens is 2. The van der Waals surface area contributed by atoms with Crippen LogP contribution in [0.1, 0.15) is 40.8 Å². The van der Waals surface area contributed by atoms with Crippen molar-refractivity contribution in [3.63, 3.8) is 0 Å². The number of benzene rings is 1. The molecule has 94 valence electrons. The van der Waals surface area contributed by atoms with E-state index in [1.165, 1.54) is 33.4 Å². The summed E-state index contributed by atoms with van der Waals surface area (Å²) < 4.78 is 0. The third-order valence-electron chi connectivity index (χ3n) is 3.44. The summed E-state index contributed by atoms with van der Waals surface area (Å²) in [5.74, 6) is 0.